The first kappa shape index (κ1) is 12.7. The van der Waals surface area contributed by atoms with Gasteiger partial charge in [-0.05, 0) is 44.0 Å². The summed E-state index contributed by atoms with van der Waals surface area (Å²) in [7, 11) is 1.78. The van der Waals surface area contributed by atoms with Gasteiger partial charge in [-0.1, -0.05) is 0 Å². The summed E-state index contributed by atoms with van der Waals surface area (Å²) in [5.74, 6) is -1.11. The predicted octanol–water partition coefficient (Wildman–Crippen LogP) is 3.22. The van der Waals surface area contributed by atoms with Crippen molar-refractivity contribution in [1.82, 2.24) is 10.3 Å². The van der Waals surface area contributed by atoms with Gasteiger partial charge >= 0.3 is 0 Å². The molecule has 1 N–H and O–H groups in total. The van der Waals surface area contributed by atoms with Crippen molar-refractivity contribution in [2.75, 3.05) is 7.05 Å². The summed E-state index contributed by atoms with van der Waals surface area (Å²) in [5.41, 5.74) is 1.73. The average molecular weight is 280 g/mol. The molecule has 0 amide bonds. The lowest BCUT2D eigenvalue weighted by Gasteiger charge is -2.14. The Balaban J connectivity index is 1.99. The Hall–Kier alpha value is -1.33. The molecule has 5 heteroatoms. The van der Waals surface area contributed by atoms with Gasteiger partial charge in [0.25, 0.3) is 0 Å². The summed E-state index contributed by atoms with van der Waals surface area (Å²) >= 11 is 1.64. The second kappa shape index (κ2) is 4.98. The first-order valence-corrected chi connectivity index (χ1v) is 7.11. The van der Waals surface area contributed by atoms with Crippen molar-refractivity contribution in [2.45, 2.75) is 25.3 Å². The maximum absolute atomic E-state index is 13.3. The van der Waals surface area contributed by atoms with E-state index in [0.29, 0.717) is 5.56 Å². The number of aromatic nitrogens is 1. The van der Waals surface area contributed by atoms with Gasteiger partial charge in [0, 0.05) is 10.9 Å². The highest BCUT2D eigenvalue weighted by Gasteiger charge is 2.22. The molecule has 0 radical (unpaired) electrons. The van der Waals surface area contributed by atoms with Gasteiger partial charge < -0.3 is 5.32 Å². The van der Waals surface area contributed by atoms with Crippen molar-refractivity contribution in [3.05, 3.63) is 51.0 Å². The van der Waals surface area contributed by atoms with E-state index < -0.39 is 11.6 Å². The fourth-order valence-corrected chi connectivity index (χ4v) is 3.80. The van der Waals surface area contributed by atoms with Gasteiger partial charge in [-0.3, -0.25) is 0 Å². The van der Waals surface area contributed by atoms with Gasteiger partial charge in [0.15, 0.2) is 0 Å². The van der Waals surface area contributed by atoms with Crippen LogP contribution in [0.5, 0.6) is 0 Å². The van der Waals surface area contributed by atoms with Gasteiger partial charge in [0.2, 0.25) is 0 Å². The number of hydrogen-bond donors (Lipinski definition) is 1. The molecule has 0 bridgehead atoms. The van der Waals surface area contributed by atoms with Crippen LogP contribution in [0.4, 0.5) is 8.78 Å². The Morgan fingerprint density at radius 2 is 1.95 bits per heavy atom. The standard InChI is InChI=1S/C14H14F2N2S/c1-17-13(8-5-9(15)7-10(16)6-8)14-18-11-3-2-4-12(11)19-14/h5-7,13,17H,2-4H2,1H3. The Labute approximate surface area is 114 Å². The van der Waals surface area contributed by atoms with Gasteiger partial charge in [-0.15, -0.1) is 11.3 Å². The van der Waals surface area contributed by atoms with Crippen LogP contribution in [0.25, 0.3) is 0 Å². The third kappa shape index (κ3) is 2.40. The third-order valence-electron chi connectivity index (χ3n) is 3.37. The van der Waals surface area contributed by atoms with Crippen molar-refractivity contribution in [3.63, 3.8) is 0 Å². The number of fused-ring (bicyclic) bond motifs is 1. The molecule has 0 saturated heterocycles. The number of halogens is 2. The molecule has 3 rings (SSSR count). The van der Waals surface area contributed by atoms with Crippen molar-refractivity contribution in [1.29, 1.82) is 0 Å². The Morgan fingerprint density at radius 1 is 1.21 bits per heavy atom. The molecule has 0 spiro atoms. The first-order valence-electron chi connectivity index (χ1n) is 6.29. The minimum atomic E-state index is -0.556. The molecule has 1 aliphatic rings. The number of rotatable bonds is 3. The SMILES string of the molecule is CNC(c1cc(F)cc(F)c1)c1nc2c(s1)CCC2. The lowest BCUT2D eigenvalue weighted by atomic mass is 10.1. The summed E-state index contributed by atoms with van der Waals surface area (Å²) in [6, 6.07) is 3.35. The van der Waals surface area contributed by atoms with Crippen molar-refractivity contribution < 1.29 is 8.78 Å². The van der Waals surface area contributed by atoms with Crippen LogP contribution in [-0.2, 0) is 12.8 Å². The zero-order valence-corrected chi connectivity index (χ0v) is 11.4. The first-order chi connectivity index (χ1) is 9.17. The number of nitrogens with one attached hydrogen (secondary N) is 1. The minimum absolute atomic E-state index is 0.249. The van der Waals surface area contributed by atoms with E-state index in [1.165, 1.54) is 17.0 Å². The lowest BCUT2D eigenvalue weighted by molar-refractivity contribution is 0.571. The summed E-state index contributed by atoms with van der Waals surface area (Å²) in [5, 5.41) is 3.98. The highest BCUT2D eigenvalue weighted by Crippen LogP contribution is 2.33. The molecule has 0 saturated carbocycles. The predicted molar refractivity (Wildman–Crippen MR) is 71.4 cm³/mol. The van der Waals surface area contributed by atoms with E-state index in [0.717, 1.165) is 36.0 Å². The van der Waals surface area contributed by atoms with E-state index >= 15 is 0 Å². The number of thiazole rings is 1. The van der Waals surface area contributed by atoms with Crippen LogP contribution in [-0.4, -0.2) is 12.0 Å². The van der Waals surface area contributed by atoms with Crippen LogP contribution < -0.4 is 5.32 Å². The van der Waals surface area contributed by atoms with Gasteiger partial charge in [-0.25, -0.2) is 13.8 Å². The average Bonchev–Trinajstić information content (AvgIpc) is 2.89. The third-order valence-corrected chi connectivity index (χ3v) is 4.59. The fraction of sp³-hybridized carbons (Fsp3) is 0.357. The zero-order valence-electron chi connectivity index (χ0n) is 10.5. The van der Waals surface area contributed by atoms with E-state index in [-0.39, 0.29) is 6.04 Å². The van der Waals surface area contributed by atoms with Crippen LogP contribution in [0, 0.1) is 11.6 Å². The van der Waals surface area contributed by atoms with Crippen LogP contribution >= 0.6 is 11.3 Å². The number of nitrogens with zero attached hydrogens (tertiary/aromatic N) is 1. The second-order valence-electron chi connectivity index (χ2n) is 4.70. The van der Waals surface area contributed by atoms with Crippen molar-refractivity contribution in [2.24, 2.45) is 0 Å². The minimum Gasteiger partial charge on any atom is -0.307 e. The van der Waals surface area contributed by atoms with E-state index in [1.54, 1.807) is 18.4 Å². The van der Waals surface area contributed by atoms with E-state index in [9.17, 15) is 8.78 Å². The quantitative estimate of drug-likeness (QED) is 0.933. The van der Waals surface area contributed by atoms with Crippen LogP contribution in [0.1, 0.15) is 33.6 Å². The van der Waals surface area contributed by atoms with Gasteiger partial charge in [0.1, 0.15) is 16.6 Å². The molecule has 100 valence electrons. The molecule has 0 aliphatic heterocycles. The lowest BCUT2D eigenvalue weighted by Crippen LogP contribution is -2.18. The molecule has 1 aromatic carbocycles. The zero-order chi connectivity index (χ0) is 13.4. The molecular formula is C14H14F2N2S. The summed E-state index contributed by atoms with van der Waals surface area (Å²) in [4.78, 5) is 5.92. The summed E-state index contributed by atoms with van der Waals surface area (Å²) in [6.45, 7) is 0. The summed E-state index contributed by atoms with van der Waals surface area (Å²) < 4.78 is 26.6. The molecule has 2 nitrogen and oxygen atoms in total. The van der Waals surface area contributed by atoms with E-state index in [1.807, 2.05) is 0 Å². The summed E-state index contributed by atoms with van der Waals surface area (Å²) in [6.07, 6.45) is 3.24. The molecule has 1 unspecified atom stereocenters. The molecule has 1 aliphatic carbocycles. The molecule has 1 aromatic heterocycles. The maximum Gasteiger partial charge on any atom is 0.126 e. The number of benzene rings is 1. The van der Waals surface area contributed by atoms with Gasteiger partial charge in [0.05, 0.1) is 11.7 Å². The molecular weight excluding hydrogens is 266 g/mol. The topological polar surface area (TPSA) is 24.9 Å². The Kier molecular flexibility index (Phi) is 3.33. The second-order valence-corrected chi connectivity index (χ2v) is 5.82. The number of aryl methyl sites for hydroxylation is 2. The molecule has 1 atom stereocenters. The normalized spacial score (nSPS) is 15.5. The molecule has 19 heavy (non-hydrogen) atoms. The fourth-order valence-electron chi connectivity index (χ4n) is 2.51. The highest BCUT2D eigenvalue weighted by atomic mass is 32.1. The monoisotopic (exact) mass is 280 g/mol. The largest absolute Gasteiger partial charge is 0.307 e. The van der Waals surface area contributed by atoms with Gasteiger partial charge in [-0.2, -0.15) is 0 Å². The highest BCUT2D eigenvalue weighted by molar-refractivity contribution is 7.11. The van der Waals surface area contributed by atoms with Crippen LogP contribution in [0.3, 0.4) is 0 Å². The molecule has 0 fully saturated rings. The Bertz CT molecular complexity index is 568. The Morgan fingerprint density at radius 3 is 2.58 bits per heavy atom. The van der Waals surface area contributed by atoms with Crippen molar-refractivity contribution in [3.8, 4) is 0 Å². The smallest absolute Gasteiger partial charge is 0.126 e. The number of hydrogen-bond acceptors (Lipinski definition) is 3. The van der Waals surface area contributed by atoms with E-state index in [2.05, 4.69) is 10.3 Å². The van der Waals surface area contributed by atoms with Crippen LogP contribution in [0.15, 0.2) is 18.2 Å². The molecule has 2 aromatic rings. The van der Waals surface area contributed by atoms with Crippen molar-refractivity contribution >= 4 is 11.3 Å². The van der Waals surface area contributed by atoms with Crippen LogP contribution in [0.2, 0.25) is 0 Å². The van der Waals surface area contributed by atoms with E-state index in [4.69, 9.17) is 0 Å². The molecule has 1 heterocycles. The maximum atomic E-state index is 13.3.